The Kier molecular flexibility index (Phi) is 6.60. The molecule has 4 heteroatoms. The van der Waals surface area contributed by atoms with Crippen LogP contribution in [0.1, 0.15) is 62.3 Å². The second kappa shape index (κ2) is 8.73. The molecule has 0 aliphatic carbocycles. The van der Waals surface area contributed by atoms with Gasteiger partial charge in [0.2, 0.25) is 0 Å². The molecule has 2 aliphatic rings. The summed E-state index contributed by atoms with van der Waals surface area (Å²) in [5.74, 6) is 1.99. The van der Waals surface area contributed by atoms with E-state index in [1.165, 1.54) is 16.7 Å². The van der Waals surface area contributed by atoms with Crippen molar-refractivity contribution in [1.82, 2.24) is 4.90 Å². The normalized spacial score (nSPS) is 25.8. The molecule has 1 aromatic rings. The molecule has 3 rings (SSSR count). The Labute approximate surface area is 158 Å². The summed E-state index contributed by atoms with van der Waals surface area (Å²) in [6.07, 6.45) is 5.57. The monoisotopic (exact) mass is 361 g/mol. The van der Waals surface area contributed by atoms with Crippen molar-refractivity contribution in [3.05, 3.63) is 28.8 Å². The predicted octanol–water partition coefficient (Wildman–Crippen LogP) is 3.34. The van der Waals surface area contributed by atoms with Gasteiger partial charge in [0.15, 0.2) is 0 Å². The van der Waals surface area contributed by atoms with E-state index < -0.39 is 0 Å². The van der Waals surface area contributed by atoms with Crippen LogP contribution in [0.2, 0.25) is 0 Å². The molecule has 146 valence electrons. The number of fused-ring (bicyclic) bond motifs is 3. The lowest BCUT2D eigenvalue weighted by Crippen LogP contribution is -2.48. The zero-order chi connectivity index (χ0) is 18.7. The largest absolute Gasteiger partial charge is 0.496 e. The Balaban J connectivity index is 1.80. The number of rotatable bonds is 7. The van der Waals surface area contributed by atoms with Crippen LogP contribution in [-0.2, 0) is 12.8 Å². The zero-order valence-corrected chi connectivity index (χ0v) is 16.6. The van der Waals surface area contributed by atoms with Gasteiger partial charge in [-0.25, -0.2) is 0 Å². The van der Waals surface area contributed by atoms with E-state index in [4.69, 9.17) is 9.84 Å². The van der Waals surface area contributed by atoms with Crippen LogP contribution in [0.4, 0.5) is 0 Å². The number of aliphatic hydroxyl groups excluding tert-OH is 2. The molecule has 2 aliphatic heterocycles. The van der Waals surface area contributed by atoms with Crippen LogP contribution < -0.4 is 4.74 Å². The van der Waals surface area contributed by atoms with Gasteiger partial charge in [-0.3, -0.25) is 4.90 Å². The molecular formula is C22H35NO3. The fourth-order valence-electron chi connectivity index (χ4n) is 4.82. The maximum Gasteiger partial charge on any atom is 0.122 e. The van der Waals surface area contributed by atoms with Crippen LogP contribution in [0.25, 0.3) is 0 Å². The Hall–Kier alpha value is -1.10. The molecule has 26 heavy (non-hydrogen) atoms. The Morgan fingerprint density at radius 3 is 2.77 bits per heavy atom. The topological polar surface area (TPSA) is 52.9 Å². The van der Waals surface area contributed by atoms with Gasteiger partial charge in [-0.1, -0.05) is 19.9 Å². The molecule has 1 aromatic carbocycles. The lowest BCUT2D eigenvalue weighted by atomic mass is 9.78. The molecule has 0 aromatic heterocycles. The summed E-state index contributed by atoms with van der Waals surface area (Å²) in [7, 11) is 1.74. The maximum atomic E-state index is 10.7. The Bertz CT molecular complexity index is 601. The number of hydrogen-bond donors (Lipinski definition) is 2. The quantitative estimate of drug-likeness (QED) is 0.732. The van der Waals surface area contributed by atoms with E-state index in [9.17, 15) is 5.11 Å². The van der Waals surface area contributed by atoms with E-state index in [0.29, 0.717) is 17.9 Å². The van der Waals surface area contributed by atoms with Crippen molar-refractivity contribution in [3.63, 3.8) is 0 Å². The van der Waals surface area contributed by atoms with E-state index in [1.54, 1.807) is 7.11 Å². The van der Waals surface area contributed by atoms with Crippen LogP contribution in [-0.4, -0.2) is 48.0 Å². The SMILES string of the molecule is COc1cc2c(cc1CCCCO)CCN1C[C@@H](CC(C)C)C(O)C[C@H]21. The average molecular weight is 362 g/mol. The summed E-state index contributed by atoms with van der Waals surface area (Å²) in [6, 6.07) is 4.85. The summed E-state index contributed by atoms with van der Waals surface area (Å²) in [5.41, 5.74) is 4.02. The number of nitrogens with zero attached hydrogens (tertiary/aromatic N) is 1. The standard InChI is InChI=1S/C22H35NO3/c1-15(2)10-18-14-23-8-7-16-11-17(6-4-5-9-24)22(26-3)12-19(16)20(23)13-21(18)25/h11-12,15,18,20-21,24-25H,4-10,13-14H2,1-3H3/t18-,20-,21?/m1/s1. The van der Waals surface area contributed by atoms with Gasteiger partial charge < -0.3 is 14.9 Å². The van der Waals surface area contributed by atoms with Gasteiger partial charge in [0, 0.05) is 25.7 Å². The fraction of sp³-hybridized carbons (Fsp3) is 0.727. The highest BCUT2D eigenvalue weighted by atomic mass is 16.5. The minimum Gasteiger partial charge on any atom is -0.496 e. The van der Waals surface area contributed by atoms with Gasteiger partial charge in [0.05, 0.1) is 13.2 Å². The van der Waals surface area contributed by atoms with E-state index in [1.807, 2.05) is 0 Å². The lowest BCUT2D eigenvalue weighted by Gasteiger charge is -2.46. The van der Waals surface area contributed by atoms with Gasteiger partial charge in [-0.2, -0.15) is 0 Å². The molecule has 0 amide bonds. The first-order chi connectivity index (χ1) is 12.5. The van der Waals surface area contributed by atoms with Crippen LogP contribution >= 0.6 is 0 Å². The van der Waals surface area contributed by atoms with Crippen LogP contribution in [0.3, 0.4) is 0 Å². The minimum atomic E-state index is -0.208. The summed E-state index contributed by atoms with van der Waals surface area (Å²) >= 11 is 0. The number of methoxy groups -OCH3 is 1. The first-order valence-corrected chi connectivity index (χ1v) is 10.3. The van der Waals surface area contributed by atoms with Crippen molar-refractivity contribution in [1.29, 1.82) is 0 Å². The fourth-order valence-corrected chi connectivity index (χ4v) is 4.82. The molecule has 3 atom stereocenters. The first kappa shape index (κ1) is 19.7. The highest BCUT2D eigenvalue weighted by molar-refractivity contribution is 5.46. The molecule has 4 nitrogen and oxygen atoms in total. The number of aliphatic hydroxyl groups is 2. The predicted molar refractivity (Wildman–Crippen MR) is 105 cm³/mol. The smallest absolute Gasteiger partial charge is 0.122 e. The first-order valence-electron chi connectivity index (χ1n) is 10.3. The summed E-state index contributed by atoms with van der Waals surface area (Å²) in [4.78, 5) is 2.58. The number of piperidine rings is 1. The Morgan fingerprint density at radius 2 is 2.08 bits per heavy atom. The van der Waals surface area contributed by atoms with Gasteiger partial charge in [-0.05, 0) is 73.1 Å². The third kappa shape index (κ3) is 4.24. The third-order valence-corrected chi connectivity index (χ3v) is 6.12. The second-order valence-electron chi connectivity index (χ2n) is 8.50. The highest BCUT2D eigenvalue weighted by Crippen LogP contribution is 2.42. The van der Waals surface area contributed by atoms with Crippen molar-refractivity contribution in [3.8, 4) is 5.75 Å². The number of unbranched alkanes of at least 4 members (excludes halogenated alkanes) is 1. The van der Waals surface area contributed by atoms with E-state index in [2.05, 4.69) is 30.9 Å². The Morgan fingerprint density at radius 1 is 1.27 bits per heavy atom. The van der Waals surface area contributed by atoms with Crippen molar-refractivity contribution in [2.45, 2.75) is 64.5 Å². The molecule has 1 unspecified atom stereocenters. The zero-order valence-electron chi connectivity index (χ0n) is 16.6. The number of aryl methyl sites for hydroxylation is 1. The van der Waals surface area contributed by atoms with Crippen LogP contribution in [0.15, 0.2) is 12.1 Å². The van der Waals surface area contributed by atoms with Crippen LogP contribution in [0.5, 0.6) is 5.75 Å². The molecule has 0 saturated carbocycles. The molecule has 0 bridgehead atoms. The molecular weight excluding hydrogens is 326 g/mol. The summed E-state index contributed by atoms with van der Waals surface area (Å²) in [5, 5.41) is 19.8. The van der Waals surface area contributed by atoms with Gasteiger partial charge >= 0.3 is 0 Å². The summed E-state index contributed by atoms with van der Waals surface area (Å²) in [6.45, 7) is 6.83. The van der Waals surface area contributed by atoms with E-state index >= 15 is 0 Å². The molecule has 0 spiro atoms. The van der Waals surface area contributed by atoms with E-state index in [0.717, 1.165) is 57.4 Å². The average Bonchev–Trinajstić information content (AvgIpc) is 2.61. The van der Waals surface area contributed by atoms with Gasteiger partial charge in [0.1, 0.15) is 5.75 Å². The lowest BCUT2D eigenvalue weighted by molar-refractivity contribution is -0.0191. The van der Waals surface area contributed by atoms with Crippen molar-refractivity contribution < 1.29 is 14.9 Å². The van der Waals surface area contributed by atoms with Crippen molar-refractivity contribution >= 4 is 0 Å². The minimum absolute atomic E-state index is 0.208. The van der Waals surface area contributed by atoms with Crippen LogP contribution in [0, 0.1) is 11.8 Å². The highest BCUT2D eigenvalue weighted by Gasteiger charge is 2.38. The maximum absolute atomic E-state index is 10.7. The van der Waals surface area contributed by atoms with Gasteiger partial charge in [0.25, 0.3) is 0 Å². The van der Waals surface area contributed by atoms with Crippen molar-refractivity contribution in [2.24, 2.45) is 11.8 Å². The molecule has 0 radical (unpaired) electrons. The van der Waals surface area contributed by atoms with E-state index in [-0.39, 0.29) is 12.7 Å². The number of ether oxygens (including phenoxy) is 1. The number of benzene rings is 1. The van der Waals surface area contributed by atoms with Gasteiger partial charge in [-0.15, -0.1) is 0 Å². The molecule has 2 N–H and O–H groups in total. The molecule has 1 fully saturated rings. The molecule has 1 saturated heterocycles. The third-order valence-electron chi connectivity index (χ3n) is 6.12. The number of hydrogen-bond acceptors (Lipinski definition) is 4. The summed E-state index contributed by atoms with van der Waals surface area (Å²) < 4.78 is 5.68. The van der Waals surface area contributed by atoms with Crippen molar-refractivity contribution in [2.75, 3.05) is 26.8 Å². The second-order valence-corrected chi connectivity index (χ2v) is 8.50. The molecule has 2 heterocycles.